The molecule has 12 nitrogen and oxygen atoms in total. The van der Waals surface area contributed by atoms with E-state index in [1.165, 1.54) is 34.1 Å². The molecule has 0 bridgehead atoms. The van der Waals surface area contributed by atoms with Crippen LogP contribution < -0.4 is 10.6 Å². The molecule has 2 aromatic rings. The van der Waals surface area contributed by atoms with Gasteiger partial charge in [-0.05, 0) is 62.1 Å². The minimum Gasteiger partial charge on any atom is -0.478 e. The van der Waals surface area contributed by atoms with Crippen molar-refractivity contribution in [3.05, 3.63) is 69.5 Å². The van der Waals surface area contributed by atoms with Crippen LogP contribution in [0.3, 0.4) is 0 Å². The number of carbonyl (C=O) groups excluding carboxylic acids is 4. The normalized spacial score (nSPS) is 16.1. The van der Waals surface area contributed by atoms with Gasteiger partial charge in [0.05, 0.1) is 20.9 Å². The maximum absolute atomic E-state index is 13.2. The van der Waals surface area contributed by atoms with Crippen LogP contribution in [0.1, 0.15) is 72.1 Å². The molecule has 4 N–H and O–H groups in total. The average molecular weight is 729 g/mol. The Morgan fingerprint density at radius 1 is 0.625 bits per heavy atom. The molecule has 2 aliphatic heterocycles. The molecule has 4 rings (SSSR count). The molecular formula is C32H32N4O8S4. The van der Waals surface area contributed by atoms with Crippen molar-refractivity contribution < 1.29 is 39.0 Å². The number of carbonyl (C=O) groups is 6. The summed E-state index contributed by atoms with van der Waals surface area (Å²) in [5.41, 5.74) is 0.981. The number of unbranched alkanes of at least 4 members (excludes halogenated alkanes) is 4. The van der Waals surface area contributed by atoms with Crippen molar-refractivity contribution in [2.24, 2.45) is 0 Å². The van der Waals surface area contributed by atoms with Crippen LogP contribution in [0.5, 0.6) is 0 Å². The van der Waals surface area contributed by atoms with E-state index in [-0.39, 0.29) is 57.4 Å². The second-order valence-electron chi connectivity index (χ2n) is 10.8. The third-order valence-corrected chi connectivity index (χ3v) is 10.3. The summed E-state index contributed by atoms with van der Waals surface area (Å²) in [6.45, 7) is 0.685. The van der Waals surface area contributed by atoms with Crippen molar-refractivity contribution in [3.63, 3.8) is 0 Å². The van der Waals surface area contributed by atoms with Crippen LogP contribution in [0.25, 0.3) is 0 Å². The minimum absolute atomic E-state index is 0.0816. The average Bonchev–Trinajstić information content (AvgIpc) is 3.49. The standard InChI is InChI=1S/C32H32N4O8S4/c37-23(33-21-11-7-9-19(17-21)29(41)42)13-3-1-5-15-35-27(39)25(47-31(35)45)26-28(40)36(32(46)48-26)16-6-2-4-14-24(38)34-22-12-8-10-20(18-22)30(43)44/h7-12,17-18H,1-6,13-16H2,(H,33,37)(H,34,38)(H,41,42)(H,43,44). The number of thiocarbonyl (C=S) groups is 2. The van der Waals surface area contributed by atoms with Gasteiger partial charge in [-0.1, -0.05) is 72.9 Å². The second kappa shape index (κ2) is 17.3. The first kappa shape index (κ1) is 36.7. The van der Waals surface area contributed by atoms with Crippen LogP contribution >= 0.6 is 48.0 Å². The van der Waals surface area contributed by atoms with E-state index in [4.69, 9.17) is 34.6 Å². The Kier molecular flexibility index (Phi) is 13.3. The molecule has 252 valence electrons. The molecule has 0 aliphatic carbocycles. The molecule has 16 heteroatoms. The summed E-state index contributed by atoms with van der Waals surface area (Å²) in [5, 5.41) is 23.6. The molecule has 4 amide bonds. The molecule has 2 fully saturated rings. The van der Waals surface area contributed by atoms with Crippen LogP contribution in [0.4, 0.5) is 11.4 Å². The van der Waals surface area contributed by atoms with Gasteiger partial charge in [0.25, 0.3) is 11.8 Å². The second-order valence-corrected chi connectivity index (χ2v) is 14.1. The zero-order chi connectivity index (χ0) is 34.8. The number of hydrogen-bond acceptors (Lipinski definition) is 10. The fraction of sp³-hybridized carbons (Fsp3) is 0.312. The lowest BCUT2D eigenvalue weighted by Gasteiger charge is -2.14. The number of benzene rings is 2. The Labute approximate surface area is 295 Å². The lowest BCUT2D eigenvalue weighted by molar-refractivity contribution is -0.124. The predicted molar refractivity (Wildman–Crippen MR) is 192 cm³/mol. The SMILES string of the molecule is O=C(CCCCCN1C(=O)C(=C2SC(=S)N(CCCCCC(=O)Nc3cccc(C(=O)O)c3)C2=O)SC1=S)Nc1cccc(C(=O)O)c1. The van der Waals surface area contributed by atoms with E-state index in [1.54, 1.807) is 24.3 Å². The van der Waals surface area contributed by atoms with Crippen LogP contribution in [-0.2, 0) is 19.2 Å². The lowest BCUT2D eigenvalue weighted by Crippen LogP contribution is -2.31. The van der Waals surface area contributed by atoms with Gasteiger partial charge in [0.1, 0.15) is 8.64 Å². The first-order valence-electron chi connectivity index (χ1n) is 15.0. The molecular weight excluding hydrogens is 697 g/mol. The lowest BCUT2D eigenvalue weighted by atomic mass is 10.1. The van der Waals surface area contributed by atoms with E-state index in [0.717, 1.165) is 23.5 Å². The van der Waals surface area contributed by atoms with Gasteiger partial charge in [-0.15, -0.1) is 0 Å². The molecule has 2 aromatic carbocycles. The molecule has 0 spiro atoms. The Bertz CT molecular complexity index is 1570. The molecule has 2 heterocycles. The first-order valence-corrected chi connectivity index (χ1v) is 17.5. The number of carboxylic acid groups (broad SMARTS) is 2. The molecule has 0 aromatic heterocycles. The number of hydrogen-bond donors (Lipinski definition) is 4. The Balaban J connectivity index is 1.17. The number of nitrogens with one attached hydrogen (secondary N) is 2. The number of rotatable bonds is 16. The highest BCUT2D eigenvalue weighted by Crippen LogP contribution is 2.42. The number of nitrogens with zero attached hydrogens (tertiary/aromatic N) is 2. The quantitative estimate of drug-likeness (QED) is 0.0943. The smallest absolute Gasteiger partial charge is 0.335 e. The Morgan fingerprint density at radius 3 is 1.40 bits per heavy atom. The molecule has 2 saturated heterocycles. The Morgan fingerprint density at radius 2 is 1.02 bits per heavy atom. The number of aromatic carboxylic acids is 2. The van der Waals surface area contributed by atoms with E-state index in [9.17, 15) is 28.8 Å². The third kappa shape index (κ3) is 9.95. The van der Waals surface area contributed by atoms with E-state index < -0.39 is 11.9 Å². The van der Waals surface area contributed by atoms with E-state index in [0.29, 0.717) is 71.6 Å². The number of thioether (sulfide) groups is 2. The highest BCUT2D eigenvalue weighted by molar-refractivity contribution is 8.29. The summed E-state index contributed by atoms with van der Waals surface area (Å²) >= 11 is 13.0. The van der Waals surface area contributed by atoms with E-state index >= 15 is 0 Å². The molecule has 0 radical (unpaired) electrons. The van der Waals surface area contributed by atoms with Gasteiger partial charge in [0.2, 0.25) is 11.8 Å². The molecule has 0 unspecified atom stereocenters. The van der Waals surface area contributed by atoms with Crippen LogP contribution in [0, 0.1) is 0 Å². The maximum Gasteiger partial charge on any atom is 0.335 e. The van der Waals surface area contributed by atoms with Gasteiger partial charge < -0.3 is 20.8 Å². The van der Waals surface area contributed by atoms with Crippen molar-refractivity contribution in [1.82, 2.24) is 9.80 Å². The van der Waals surface area contributed by atoms with Gasteiger partial charge in [-0.3, -0.25) is 29.0 Å². The molecule has 0 atom stereocenters. The predicted octanol–water partition coefficient (Wildman–Crippen LogP) is 5.71. The Hall–Kier alpha value is -4.12. The molecule has 2 aliphatic rings. The molecule has 0 saturated carbocycles. The fourth-order valence-electron chi connectivity index (χ4n) is 4.83. The summed E-state index contributed by atoms with van der Waals surface area (Å²) in [4.78, 5) is 76.6. The van der Waals surface area contributed by atoms with E-state index in [1.807, 2.05) is 0 Å². The largest absolute Gasteiger partial charge is 0.478 e. The number of carboxylic acids is 2. The highest BCUT2D eigenvalue weighted by Gasteiger charge is 2.41. The fourth-order valence-corrected chi connectivity index (χ4v) is 7.60. The summed E-state index contributed by atoms with van der Waals surface area (Å²) in [7, 11) is 0. The molecule has 48 heavy (non-hydrogen) atoms. The van der Waals surface area contributed by atoms with Crippen LogP contribution in [0.15, 0.2) is 58.3 Å². The minimum atomic E-state index is -1.08. The summed E-state index contributed by atoms with van der Waals surface area (Å²) in [6.07, 6.45) is 4.06. The highest BCUT2D eigenvalue weighted by atomic mass is 32.2. The van der Waals surface area contributed by atoms with Gasteiger partial charge in [-0.25, -0.2) is 9.59 Å². The van der Waals surface area contributed by atoms with E-state index in [2.05, 4.69) is 10.6 Å². The zero-order valence-corrected chi connectivity index (χ0v) is 28.8. The zero-order valence-electron chi connectivity index (χ0n) is 25.6. The van der Waals surface area contributed by atoms with Gasteiger partial charge in [-0.2, -0.15) is 0 Å². The third-order valence-electron chi connectivity index (χ3n) is 7.26. The van der Waals surface area contributed by atoms with Crippen LogP contribution in [0.2, 0.25) is 0 Å². The number of amides is 4. The first-order chi connectivity index (χ1) is 22.9. The van der Waals surface area contributed by atoms with Crippen molar-refractivity contribution >= 4 is 104 Å². The van der Waals surface area contributed by atoms with Crippen molar-refractivity contribution in [3.8, 4) is 0 Å². The van der Waals surface area contributed by atoms with Gasteiger partial charge in [0, 0.05) is 37.3 Å². The topological polar surface area (TPSA) is 173 Å². The van der Waals surface area contributed by atoms with Crippen molar-refractivity contribution in [2.45, 2.75) is 51.4 Å². The summed E-state index contributed by atoms with van der Waals surface area (Å²) in [6, 6.07) is 12.0. The summed E-state index contributed by atoms with van der Waals surface area (Å²) < 4.78 is 0.702. The van der Waals surface area contributed by atoms with Crippen molar-refractivity contribution in [1.29, 1.82) is 0 Å². The maximum atomic E-state index is 13.2. The van der Waals surface area contributed by atoms with Crippen molar-refractivity contribution in [2.75, 3.05) is 23.7 Å². The van der Waals surface area contributed by atoms with Crippen LogP contribution in [-0.4, -0.2) is 77.3 Å². The monoisotopic (exact) mass is 728 g/mol. The summed E-state index contributed by atoms with van der Waals surface area (Å²) in [5.74, 6) is -3.33. The number of anilines is 2. The van der Waals surface area contributed by atoms with Gasteiger partial charge in [0.15, 0.2) is 0 Å². The van der Waals surface area contributed by atoms with Gasteiger partial charge >= 0.3 is 11.9 Å².